The lowest BCUT2D eigenvalue weighted by Gasteiger charge is -2.11. The van der Waals surface area contributed by atoms with Crippen molar-refractivity contribution in [1.82, 2.24) is 9.97 Å². The molecule has 1 amide bonds. The van der Waals surface area contributed by atoms with Gasteiger partial charge in [0.15, 0.2) is 11.2 Å². The Morgan fingerprint density at radius 3 is 2.50 bits per heavy atom. The summed E-state index contributed by atoms with van der Waals surface area (Å²) in [6.45, 7) is 0. The minimum atomic E-state index is -2.01. The molecular weight excluding hydrogens is 349 g/mol. The fourth-order valence-electron chi connectivity index (χ4n) is 1.79. The van der Waals surface area contributed by atoms with Crippen LogP contribution in [0.2, 0.25) is 0 Å². The van der Waals surface area contributed by atoms with Gasteiger partial charge in [-0.05, 0) is 36.4 Å². The molecule has 0 aliphatic heterocycles. The summed E-state index contributed by atoms with van der Waals surface area (Å²) in [5.41, 5.74) is 2.37. The molecule has 0 radical (unpaired) electrons. The number of anilines is 1. The van der Waals surface area contributed by atoms with Gasteiger partial charge in [-0.15, -0.1) is 0 Å². The van der Waals surface area contributed by atoms with E-state index in [0.29, 0.717) is 22.8 Å². The summed E-state index contributed by atoms with van der Waals surface area (Å²) < 4.78 is 3.60. The molecule has 0 aliphatic rings. The predicted octanol–water partition coefficient (Wildman–Crippen LogP) is 4.20. The molecule has 1 N–H and O–H groups in total. The summed E-state index contributed by atoms with van der Waals surface area (Å²) in [7, 11) is 0. The number of alkyl halides is 3. The van der Waals surface area contributed by atoms with E-state index in [0.717, 1.165) is 5.56 Å². The van der Waals surface area contributed by atoms with E-state index in [1.165, 1.54) is 0 Å². The molecule has 0 unspecified atom stereocenters. The highest BCUT2D eigenvalue weighted by Crippen LogP contribution is 2.28. The largest absolute Gasteiger partial charge is 0.434 e. The minimum Gasteiger partial charge on any atom is -0.434 e. The van der Waals surface area contributed by atoms with Crippen molar-refractivity contribution in [3.05, 3.63) is 42.6 Å². The number of halogens is 3. The molecule has 5 nitrogen and oxygen atoms in total. The van der Waals surface area contributed by atoms with Crippen LogP contribution in [0.25, 0.3) is 22.7 Å². The summed E-state index contributed by atoms with van der Waals surface area (Å²) in [5, 5.41) is 2.49. The third kappa shape index (κ3) is 3.16. The summed E-state index contributed by atoms with van der Waals surface area (Å²) >= 11 is 16.5. The smallest absolute Gasteiger partial charge is 0.276 e. The van der Waals surface area contributed by atoms with Crippen LogP contribution < -0.4 is 5.32 Å². The molecule has 0 spiro atoms. The number of aromatic nitrogens is 2. The maximum Gasteiger partial charge on any atom is 0.276 e. The van der Waals surface area contributed by atoms with Gasteiger partial charge in [0.1, 0.15) is 0 Å². The molecule has 2 heterocycles. The summed E-state index contributed by atoms with van der Waals surface area (Å²) in [6.07, 6.45) is 1.64. The van der Waals surface area contributed by atoms with Crippen LogP contribution in [0.4, 0.5) is 5.69 Å². The monoisotopic (exact) mass is 355 g/mol. The molecule has 3 rings (SSSR count). The SMILES string of the molecule is O=C(Nc1ccc(-c2nc3ncccc3o2)cc1)C(Cl)(Cl)Cl. The number of hydrogen-bond acceptors (Lipinski definition) is 4. The molecular formula is C14H8Cl3N3O2. The van der Waals surface area contributed by atoms with Gasteiger partial charge in [0.25, 0.3) is 9.70 Å². The van der Waals surface area contributed by atoms with E-state index in [9.17, 15) is 4.79 Å². The summed E-state index contributed by atoms with van der Waals surface area (Å²) in [6, 6.07) is 10.3. The van der Waals surface area contributed by atoms with E-state index in [4.69, 9.17) is 39.2 Å². The van der Waals surface area contributed by atoms with Gasteiger partial charge in [-0.25, -0.2) is 4.98 Å². The third-order valence-corrected chi connectivity index (χ3v) is 3.33. The van der Waals surface area contributed by atoms with Crippen molar-refractivity contribution in [2.45, 2.75) is 3.79 Å². The highest BCUT2D eigenvalue weighted by Gasteiger charge is 2.30. The first-order valence-electron chi connectivity index (χ1n) is 6.14. The number of carbonyl (C=O) groups is 1. The second kappa shape index (κ2) is 5.76. The van der Waals surface area contributed by atoms with Crippen LogP contribution in [0.3, 0.4) is 0 Å². The molecule has 0 bridgehead atoms. The Bertz CT molecular complexity index is 792. The van der Waals surface area contributed by atoms with Crippen LogP contribution in [-0.2, 0) is 4.79 Å². The van der Waals surface area contributed by atoms with Crippen LogP contribution in [0.5, 0.6) is 0 Å². The Kier molecular flexibility index (Phi) is 3.95. The van der Waals surface area contributed by atoms with Crippen LogP contribution in [-0.4, -0.2) is 19.7 Å². The molecule has 0 atom stereocenters. The number of nitrogens with one attached hydrogen (secondary N) is 1. The topological polar surface area (TPSA) is 68.0 Å². The number of hydrogen-bond donors (Lipinski definition) is 1. The zero-order valence-electron chi connectivity index (χ0n) is 10.9. The van der Waals surface area contributed by atoms with E-state index < -0.39 is 9.70 Å². The summed E-state index contributed by atoms with van der Waals surface area (Å²) in [4.78, 5) is 20.0. The number of benzene rings is 1. The lowest BCUT2D eigenvalue weighted by molar-refractivity contribution is -0.115. The molecule has 8 heteroatoms. The van der Waals surface area contributed by atoms with Gasteiger partial charge in [-0.3, -0.25) is 4.79 Å². The summed E-state index contributed by atoms with van der Waals surface area (Å²) in [5.74, 6) is -0.288. The lowest BCUT2D eigenvalue weighted by atomic mass is 10.2. The average Bonchev–Trinajstić information content (AvgIpc) is 2.91. The molecule has 1 aromatic carbocycles. The first-order valence-corrected chi connectivity index (χ1v) is 7.27. The second-order valence-corrected chi connectivity index (χ2v) is 6.65. The van der Waals surface area contributed by atoms with E-state index in [1.54, 1.807) is 42.6 Å². The van der Waals surface area contributed by atoms with E-state index in [2.05, 4.69) is 15.3 Å². The van der Waals surface area contributed by atoms with Crippen LogP contribution in [0.1, 0.15) is 0 Å². The molecule has 0 saturated heterocycles. The molecule has 22 heavy (non-hydrogen) atoms. The van der Waals surface area contributed by atoms with E-state index in [-0.39, 0.29) is 0 Å². The van der Waals surface area contributed by atoms with Crippen molar-refractivity contribution in [2.24, 2.45) is 0 Å². The number of oxazole rings is 1. The number of nitrogens with zero attached hydrogens (tertiary/aromatic N) is 2. The molecule has 3 aromatic rings. The molecule has 0 aliphatic carbocycles. The van der Waals surface area contributed by atoms with Crippen LogP contribution in [0, 0.1) is 0 Å². The zero-order valence-corrected chi connectivity index (χ0v) is 13.2. The number of fused-ring (bicyclic) bond motifs is 1. The number of rotatable bonds is 2. The number of amides is 1. The Labute approximate surface area is 140 Å². The normalized spacial score (nSPS) is 11.6. The maximum absolute atomic E-state index is 11.6. The van der Waals surface area contributed by atoms with Crippen molar-refractivity contribution in [3.63, 3.8) is 0 Å². The van der Waals surface area contributed by atoms with Gasteiger partial charge in [-0.1, -0.05) is 34.8 Å². The van der Waals surface area contributed by atoms with Gasteiger partial charge in [0.2, 0.25) is 5.89 Å². The van der Waals surface area contributed by atoms with Crippen LogP contribution >= 0.6 is 34.8 Å². The van der Waals surface area contributed by atoms with E-state index in [1.807, 2.05) is 0 Å². The van der Waals surface area contributed by atoms with E-state index >= 15 is 0 Å². The molecule has 2 aromatic heterocycles. The van der Waals surface area contributed by atoms with Gasteiger partial charge >= 0.3 is 0 Å². The number of pyridine rings is 1. The highest BCUT2D eigenvalue weighted by atomic mass is 35.6. The van der Waals surface area contributed by atoms with Crippen molar-refractivity contribution in [3.8, 4) is 11.5 Å². The average molecular weight is 357 g/mol. The Balaban J connectivity index is 1.83. The van der Waals surface area contributed by atoms with Crippen molar-refractivity contribution in [2.75, 3.05) is 5.32 Å². The number of carbonyl (C=O) groups excluding carboxylic acids is 1. The van der Waals surface area contributed by atoms with Crippen LogP contribution in [0.15, 0.2) is 47.0 Å². The molecule has 0 fully saturated rings. The fourth-order valence-corrected chi connectivity index (χ4v) is 1.93. The van der Waals surface area contributed by atoms with Crippen molar-refractivity contribution in [1.29, 1.82) is 0 Å². The molecule has 112 valence electrons. The lowest BCUT2D eigenvalue weighted by Crippen LogP contribution is -2.26. The zero-order chi connectivity index (χ0) is 15.7. The van der Waals surface area contributed by atoms with Crippen molar-refractivity contribution >= 4 is 57.6 Å². The standard InChI is InChI=1S/C14H8Cl3N3O2/c15-14(16,17)13(21)19-9-5-3-8(4-6-9)12-20-11-10(22-12)2-1-7-18-11/h1-7H,(H,19,21). The Morgan fingerprint density at radius 2 is 1.86 bits per heavy atom. The van der Waals surface area contributed by atoms with Crippen molar-refractivity contribution < 1.29 is 9.21 Å². The van der Waals surface area contributed by atoms with Gasteiger partial charge in [-0.2, -0.15) is 4.98 Å². The second-order valence-electron chi connectivity index (χ2n) is 4.37. The van der Waals surface area contributed by atoms with Gasteiger partial charge < -0.3 is 9.73 Å². The first-order chi connectivity index (χ1) is 10.4. The quantitative estimate of drug-likeness (QED) is 0.699. The minimum absolute atomic E-state index is 0.438. The predicted molar refractivity (Wildman–Crippen MR) is 86.2 cm³/mol. The maximum atomic E-state index is 11.6. The highest BCUT2D eigenvalue weighted by molar-refractivity contribution is 6.76. The Hall–Kier alpha value is -1.82. The first kappa shape index (κ1) is 15.1. The molecule has 0 saturated carbocycles. The third-order valence-electron chi connectivity index (χ3n) is 2.81. The van der Waals surface area contributed by atoms with Gasteiger partial charge in [0, 0.05) is 17.4 Å². The Morgan fingerprint density at radius 1 is 1.14 bits per heavy atom. The fraction of sp³-hybridized carbons (Fsp3) is 0.0714. The van der Waals surface area contributed by atoms with Gasteiger partial charge in [0.05, 0.1) is 0 Å².